The van der Waals surface area contributed by atoms with Crippen molar-refractivity contribution in [3.8, 4) is 0 Å². The highest BCUT2D eigenvalue weighted by atomic mass is 15.2. The molecule has 0 unspecified atom stereocenters. The number of hydrogen-bond acceptors (Lipinski definition) is 2. The van der Waals surface area contributed by atoms with Crippen LogP contribution in [0.4, 0.5) is 0 Å². The summed E-state index contributed by atoms with van der Waals surface area (Å²) in [4.78, 5) is 0. The molecule has 1 saturated carbocycles. The van der Waals surface area contributed by atoms with E-state index in [1.54, 1.807) is 0 Å². The monoisotopic (exact) mass is 179 g/mol. The van der Waals surface area contributed by atoms with Crippen molar-refractivity contribution in [3.05, 3.63) is 17.5 Å². The number of rotatable bonds is 3. The Morgan fingerprint density at radius 1 is 1.62 bits per heavy atom. The second kappa shape index (κ2) is 2.84. The van der Waals surface area contributed by atoms with Gasteiger partial charge in [0.2, 0.25) is 0 Å². The van der Waals surface area contributed by atoms with E-state index in [0.29, 0.717) is 5.54 Å². The predicted molar refractivity (Wildman–Crippen MR) is 52.7 cm³/mol. The first-order valence-electron chi connectivity index (χ1n) is 4.83. The van der Waals surface area contributed by atoms with Crippen LogP contribution < -0.4 is 5.32 Å². The largest absolute Gasteiger partial charge is 0.314 e. The molecule has 1 aromatic heterocycles. The minimum Gasteiger partial charge on any atom is -0.314 e. The molecule has 72 valence electrons. The van der Waals surface area contributed by atoms with Crippen molar-refractivity contribution in [2.24, 2.45) is 7.05 Å². The lowest BCUT2D eigenvalue weighted by molar-refractivity contribution is 0.547. The van der Waals surface area contributed by atoms with Crippen LogP contribution in [-0.2, 0) is 13.5 Å². The molecule has 0 radical (unpaired) electrons. The third-order valence-corrected chi connectivity index (χ3v) is 3.03. The summed E-state index contributed by atoms with van der Waals surface area (Å²) in [5.74, 6) is 0. The molecule has 3 heteroatoms. The van der Waals surface area contributed by atoms with Crippen LogP contribution in [0.15, 0.2) is 6.20 Å². The zero-order chi connectivity index (χ0) is 9.47. The van der Waals surface area contributed by atoms with E-state index in [4.69, 9.17) is 0 Å². The number of hydrogen-bond donors (Lipinski definition) is 1. The minimum absolute atomic E-state index is 0.397. The molecule has 1 fully saturated rings. The van der Waals surface area contributed by atoms with Gasteiger partial charge in [0.25, 0.3) is 0 Å². The van der Waals surface area contributed by atoms with E-state index >= 15 is 0 Å². The standard InChI is InChI=1S/C10H17N3/c1-8-9(7-13(3)12-8)6-10(11-2)4-5-10/h7,11H,4-6H2,1-3H3. The van der Waals surface area contributed by atoms with Gasteiger partial charge in [0, 0.05) is 18.8 Å². The van der Waals surface area contributed by atoms with Crippen molar-refractivity contribution in [1.29, 1.82) is 0 Å². The molecule has 3 nitrogen and oxygen atoms in total. The van der Waals surface area contributed by atoms with Gasteiger partial charge in [-0.3, -0.25) is 4.68 Å². The number of nitrogens with zero attached hydrogens (tertiary/aromatic N) is 2. The summed E-state index contributed by atoms with van der Waals surface area (Å²) in [5.41, 5.74) is 2.95. The van der Waals surface area contributed by atoms with Crippen LogP contribution >= 0.6 is 0 Å². The van der Waals surface area contributed by atoms with Gasteiger partial charge in [-0.05, 0) is 38.8 Å². The third kappa shape index (κ3) is 1.61. The van der Waals surface area contributed by atoms with E-state index in [0.717, 1.165) is 6.42 Å². The average Bonchev–Trinajstić information content (AvgIpc) is 2.77. The van der Waals surface area contributed by atoms with Crippen LogP contribution in [0.3, 0.4) is 0 Å². The summed E-state index contributed by atoms with van der Waals surface area (Å²) in [6.07, 6.45) is 5.87. The maximum atomic E-state index is 4.35. The molecular formula is C10H17N3. The van der Waals surface area contributed by atoms with Gasteiger partial charge in [0.15, 0.2) is 0 Å². The predicted octanol–water partition coefficient (Wildman–Crippen LogP) is 1.02. The normalized spacial score (nSPS) is 19.0. The van der Waals surface area contributed by atoms with Crippen LogP contribution in [-0.4, -0.2) is 22.4 Å². The summed E-state index contributed by atoms with van der Waals surface area (Å²) >= 11 is 0. The average molecular weight is 179 g/mol. The first-order valence-corrected chi connectivity index (χ1v) is 4.83. The van der Waals surface area contributed by atoms with Gasteiger partial charge in [-0.25, -0.2) is 0 Å². The first kappa shape index (κ1) is 8.75. The van der Waals surface area contributed by atoms with Crippen LogP contribution in [0.2, 0.25) is 0 Å². The molecule has 13 heavy (non-hydrogen) atoms. The van der Waals surface area contributed by atoms with Gasteiger partial charge in [-0.15, -0.1) is 0 Å². The smallest absolute Gasteiger partial charge is 0.0626 e. The third-order valence-electron chi connectivity index (χ3n) is 3.03. The molecule has 1 N–H and O–H groups in total. The van der Waals surface area contributed by atoms with E-state index in [1.807, 2.05) is 11.7 Å². The Morgan fingerprint density at radius 3 is 2.69 bits per heavy atom. The lowest BCUT2D eigenvalue weighted by Gasteiger charge is -2.12. The van der Waals surface area contributed by atoms with Gasteiger partial charge >= 0.3 is 0 Å². The molecule has 0 bridgehead atoms. The summed E-state index contributed by atoms with van der Waals surface area (Å²) in [6.45, 7) is 2.08. The van der Waals surface area contributed by atoms with Crippen LogP contribution in [0.1, 0.15) is 24.1 Å². The van der Waals surface area contributed by atoms with E-state index in [9.17, 15) is 0 Å². The lowest BCUT2D eigenvalue weighted by Crippen LogP contribution is -2.29. The van der Waals surface area contributed by atoms with Crippen molar-refractivity contribution in [2.75, 3.05) is 7.05 Å². The van der Waals surface area contributed by atoms with Crippen molar-refractivity contribution in [1.82, 2.24) is 15.1 Å². The minimum atomic E-state index is 0.397. The first-order chi connectivity index (χ1) is 6.15. The van der Waals surface area contributed by atoms with Crippen molar-refractivity contribution in [2.45, 2.75) is 31.7 Å². The molecule has 1 heterocycles. The molecule has 0 saturated heterocycles. The zero-order valence-corrected chi connectivity index (χ0v) is 8.59. The van der Waals surface area contributed by atoms with Crippen molar-refractivity contribution < 1.29 is 0 Å². The van der Waals surface area contributed by atoms with Gasteiger partial charge in [0.05, 0.1) is 5.69 Å². The second-order valence-corrected chi connectivity index (χ2v) is 4.12. The fourth-order valence-electron chi connectivity index (χ4n) is 1.85. The highest BCUT2D eigenvalue weighted by Crippen LogP contribution is 2.38. The maximum absolute atomic E-state index is 4.35. The Kier molecular flexibility index (Phi) is 1.91. The highest BCUT2D eigenvalue weighted by molar-refractivity contribution is 5.22. The van der Waals surface area contributed by atoms with Gasteiger partial charge in [0.1, 0.15) is 0 Å². The van der Waals surface area contributed by atoms with Gasteiger partial charge in [-0.2, -0.15) is 5.10 Å². The fourth-order valence-corrected chi connectivity index (χ4v) is 1.85. The van der Waals surface area contributed by atoms with E-state index < -0.39 is 0 Å². The summed E-state index contributed by atoms with van der Waals surface area (Å²) in [6, 6.07) is 0. The Balaban J connectivity index is 2.13. The molecule has 0 amide bonds. The van der Waals surface area contributed by atoms with Crippen molar-refractivity contribution in [3.63, 3.8) is 0 Å². The summed E-state index contributed by atoms with van der Waals surface area (Å²) in [7, 11) is 4.04. The molecule has 0 aliphatic heterocycles. The molecule has 0 aromatic carbocycles. The molecule has 0 spiro atoms. The van der Waals surface area contributed by atoms with Crippen LogP contribution in [0, 0.1) is 6.92 Å². The molecule has 0 atom stereocenters. The second-order valence-electron chi connectivity index (χ2n) is 4.12. The topological polar surface area (TPSA) is 29.9 Å². The van der Waals surface area contributed by atoms with Gasteiger partial charge in [-0.1, -0.05) is 0 Å². The SMILES string of the molecule is CNC1(Cc2cn(C)nc2C)CC1. The number of aryl methyl sites for hydroxylation is 2. The van der Waals surface area contributed by atoms with E-state index in [1.165, 1.54) is 24.1 Å². The highest BCUT2D eigenvalue weighted by Gasteiger charge is 2.41. The molecule has 2 rings (SSSR count). The Bertz CT molecular complexity index is 310. The molecule has 1 aromatic rings. The number of likely N-dealkylation sites (N-methyl/N-ethyl adjacent to an activating group) is 1. The zero-order valence-electron chi connectivity index (χ0n) is 8.59. The molecule has 1 aliphatic carbocycles. The molecular weight excluding hydrogens is 162 g/mol. The molecule has 1 aliphatic rings. The van der Waals surface area contributed by atoms with E-state index in [2.05, 4.69) is 30.6 Å². The Hall–Kier alpha value is -0.830. The quantitative estimate of drug-likeness (QED) is 0.751. The lowest BCUT2D eigenvalue weighted by atomic mass is 10.1. The van der Waals surface area contributed by atoms with Gasteiger partial charge < -0.3 is 5.32 Å². The Labute approximate surface area is 79.1 Å². The summed E-state index contributed by atoms with van der Waals surface area (Å²) in [5, 5.41) is 7.75. The van der Waals surface area contributed by atoms with Crippen molar-refractivity contribution >= 4 is 0 Å². The summed E-state index contributed by atoms with van der Waals surface area (Å²) < 4.78 is 1.90. The van der Waals surface area contributed by atoms with E-state index in [-0.39, 0.29) is 0 Å². The van der Waals surface area contributed by atoms with Crippen LogP contribution in [0.25, 0.3) is 0 Å². The van der Waals surface area contributed by atoms with Crippen LogP contribution in [0.5, 0.6) is 0 Å². The maximum Gasteiger partial charge on any atom is 0.0626 e. The number of nitrogens with one attached hydrogen (secondary N) is 1. The Morgan fingerprint density at radius 2 is 2.31 bits per heavy atom. The fraction of sp³-hybridized carbons (Fsp3) is 0.700. The number of aromatic nitrogens is 2.